The first-order valence-corrected chi connectivity index (χ1v) is 8.90. The summed E-state index contributed by atoms with van der Waals surface area (Å²) >= 11 is 6.00. The Balaban J connectivity index is 1.73. The van der Waals surface area contributed by atoms with Crippen molar-refractivity contribution in [2.45, 2.75) is 18.9 Å². The molecule has 5 nitrogen and oxygen atoms in total. The number of hydrogen-bond acceptors (Lipinski definition) is 5. The number of nitrogens with one attached hydrogen (secondary N) is 1. The monoisotopic (exact) mass is 353 g/mol. The Kier molecular flexibility index (Phi) is 4.51. The number of pyridine rings is 1. The lowest BCUT2D eigenvalue weighted by Gasteiger charge is -2.30. The van der Waals surface area contributed by atoms with Crippen molar-refractivity contribution in [2.75, 3.05) is 25.5 Å². The molecule has 1 saturated heterocycles. The maximum absolute atomic E-state index is 6.00. The molecule has 0 spiro atoms. The number of aromatic nitrogens is 3. The fourth-order valence-corrected chi connectivity index (χ4v) is 3.53. The minimum absolute atomic E-state index is 0.394. The van der Waals surface area contributed by atoms with Crippen LogP contribution in [0.25, 0.3) is 22.0 Å². The molecule has 3 heterocycles. The number of rotatable bonds is 3. The number of piperidine rings is 1. The molecule has 3 aromatic rings. The highest BCUT2D eigenvalue weighted by Crippen LogP contribution is 2.30. The molecule has 2 aromatic heterocycles. The van der Waals surface area contributed by atoms with Gasteiger partial charge in [0.2, 0.25) is 0 Å². The molecule has 0 bridgehead atoms. The van der Waals surface area contributed by atoms with Crippen molar-refractivity contribution in [1.29, 1.82) is 0 Å². The molecule has 4 rings (SSSR count). The molecule has 1 aromatic carbocycles. The smallest absolute Gasteiger partial charge is 0.156 e. The molecule has 1 unspecified atom stereocenters. The minimum atomic E-state index is 0.394. The van der Waals surface area contributed by atoms with E-state index in [4.69, 9.17) is 11.6 Å². The molecule has 0 aliphatic carbocycles. The van der Waals surface area contributed by atoms with Crippen LogP contribution in [0, 0.1) is 0 Å². The van der Waals surface area contributed by atoms with E-state index < -0.39 is 0 Å². The summed E-state index contributed by atoms with van der Waals surface area (Å²) < 4.78 is 0. The fourth-order valence-electron chi connectivity index (χ4n) is 3.40. The third-order valence-corrected chi connectivity index (χ3v) is 4.92. The molecule has 1 atom stereocenters. The normalized spacial score (nSPS) is 18.4. The summed E-state index contributed by atoms with van der Waals surface area (Å²) in [6, 6.07) is 10.0. The molecule has 6 heteroatoms. The Bertz CT molecular complexity index is 881. The molecule has 0 saturated carbocycles. The van der Waals surface area contributed by atoms with Gasteiger partial charge in [-0.3, -0.25) is 4.98 Å². The van der Waals surface area contributed by atoms with Gasteiger partial charge in [0.05, 0.1) is 0 Å². The molecule has 128 valence electrons. The molecule has 0 radical (unpaired) electrons. The molecular formula is C19H20ClN5. The molecule has 0 amide bonds. The first kappa shape index (κ1) is 16.2. The van der Waals surface area contributed by atoms with Crippen LogP contribution in [0.5, 0.6) is 0 Å². The summed E-state index contributed by atoms with van der Waals surface area (Å²) in [5.74, 6) is 0.829. The number of hydrogen-bond donors (Lipinski definition) is 1. The second-order valence-electron chi connectivity index (χ2n) is 6.57. The van der Waals surface area contributed by atoms with Gasteiger partial charge < -0.3 is 10.2 Å². The van der Waals surface area contributed by atoms with Crippen LogP contribution < -0.4 is 5.32 Å². The van der Waals surface area contributed by atoms with E-state index in [0.717, 1.165) is 47.4 Å². The Hall–Kier alpha value is -2.24. The van der Waals surface area contributed by atoms with Gasteiger partial charge in [0.25, 0.3) is 0 Å². The van der Waals surface area contributed by atoms with E-state index in [1.54, 1.807) is 6.20 Å². The van der Waals surface area contributed by atoms with Gasteiger partial charge in [-0.2, -0.15) is 0 Å². The van der Waals surface area contributed by atoms with Crippen LogP contribution in [-0.2, 0) is 0 Å². The van der Waals surface area contributed by atoms with E-state index in [1.807, 2.05) is 36.5 Å². The average Bonchev–Trinajstić information content (AvgIpc) is 2.63. The van der Waals surface area contributed by atoms with E-state index in [1.165, 1.54) is 6.42 Å². The van der Waals surface area contributed by atoms with E-state index in [-0.39, 0.29) is 0 Å². The summed E-state index contributed by atoms with van der Waals surface area (Å²) in [5.41, 5.74) is 1.81. The molecule has 1 N–H and O–H groups in total. The number of halogens is 1. The fraction of sp³-hybridized carbons (Fsp3) is 0.316. The minimum Gasteiger partial charge on any atom is -0.364 e. The van der Waals surface area contributed by atoms with Crippen LogP contribution in [-0.4, -0.2) is 46.3 Å². The van der Waals surface area contributed by atoms with Crippen LogP contribution in [0.2, 0.25) is 5.02 Å². The molecular weight excluding hydrogens is 334 g/mol. The predicted octanol–water partition coefficient (Wildman–Crippen LogP) is 3.85. The molecule has 1 aliphatic heterocycles. The number of benzene rings is 1. The zero-order valence-corrected chi connectivity index (χ0v) is 14.9. The van der Waals surface area contributed by atoms with Crippen LogP contribution in [0.15, 0.2) is 42.7 Å². The largest absolute Gasteiger partial charge is 0.364 e. The zero-order chi connectivity index (χ0) is 17.2. The Morgan fingerprint density at radius 3 is 2.76 bits per heavy atom. The number of anilines is 1. The Morgan fingerprint density at radius 1 is 1.12 bits per heavy atom. The van der Waals surface area contributed by atoms with Crippen molar-refractivity contribution in [3.63, 3.8) is 0 Å². The SMILES string of the molecule is CN1CCCC(Nc2nnc(-c3ccc(Cl)cc3)c3cnccc23)C1. The Morgan fingerprint density at radius 2 is 1.96 bits per heavy atom. The van der Waals surface area contributed by atoms with Gasteiger partial charge in [-0.1, -0.05) is 23.7 Å². The number of nitrogens with zero attached hydrogens (tertiary/aromatic N) is 4. The van der Waals surface area contributed by atoms with Gasteiger partial charge in [0, 0.05) is 46.3 Å². The predicted molar refractivity (Wildman–Crippen MR) is 102 cm³/mol. The standard InChI is InChI=1S/C19H20ClN5/c1-25-10-2-3-15(12-25)22-19-16-8-9-21-11-17(16)18(23-24-19)13-4-6-14(20)7-5-13/h4-9,11,15H,2-3,10,12H2,1H3,(H,22,24). The number of likely N-dealkylation sites (N-methyl/N-ethyl adjacent to an activating group) is 1. The van der Waals surface area contributed by atoms with Gasteiger partial charge in [0.15, 0.2) is 5.82 Å². The van der Waals surface area contributed by atoms with Gasteiger partial charge in [-0.15, -0.1) is 10.2 Å². The molecule has 25 heavy (non-hydrogen) atoms. The van der Waals surface area contributed by atoms with Gasteiger partial charge in [-0.05, 0) is 44.6 Å². The van der Waals surface area contributed by atoms with Gasteiger partial charge in [0.1, 0.15) is 5.69 Å². The van der Waals surface area contributed by atoms with Crippen molar-refractivity contribution < 1.29 is 0 Å². The van der Waals surface area contributed by atoms with E-state index in [0.29, 0.717) is 11.1 Å². The lowest BCUT2D eigenvalue weighted by molar-refractivity contribution is 0.261. The lowest BCUT2D eigenvalue weighted by atomic mass is 10.0. The van der Waals surface area contributed by atoms with Crippen molar-refractivity contribution in [1.82, 2.24) is 20.1 Å². The lowest BCUT2D eigenvalue weighted by Crippen LogP contribution is -2.40. The zero-order valence-electron chi connectivity index (χ0n) is 14.1. The average molecular weight is 354 g/mol. The maximum atomic E-state index is 6.00. The molecule has 1 aliphatic rings. The van der Waals surface area contributed by atoms with Crippen molar-refractivity contribution >= 4 is 28.2 Å². The Labute approximate surface area is 152 Å². The van der Waals surface area contributed by atoms with E-state index in [2.05, 4.69) is 32.4 Å². The van der Waals surface area contributed by atoms with Crippen LogP contribution >= 0.6 is 11.6 Å². The van der Waals surface area contributed by atoms with Gasteiger partial charge >= 0.3 is 0 Å². The highest BCUT2D eigenvalue weighted by molar-refractivity contribution is 6.30. The van der Waals surface area contributed by atoms with Crippen molar-refractivity contribution in [3.8, 4) is 11.3 Å². The number of likely N-dealkylation sites (tertiary alicyclic amines) is 1. The second kappa shape index (κ2) is 6.94. The highest BCUT2D eigenvalue weighted by atomic mass is 35.5. The van der Waals surface area contributed by atoms with Crippen molar-refractivity contribution in [3.05, 3.63) is 47.7 Å². The van der Waals surface area contributed by atoms with Gasteiger partial charge in [-0.25, -0.2) is 0 Å². The number of fused-ring (bicyclic) bond motifs is 1. The summed E-state index contributed by atoms with van der Waals surface area (Å²) in [5, 5.41) is 15.3. The van der Waals surface area contributed by atoms with E-state index in [9.17, 15) is 0 Å². The topological polar surface area (TPSA) is 53.9 Å². The summed E-state index contributed by atoms with van der Waals surface area (Å²) in [4.78, 5) is 6.63. The summed E-state index contributed by atoms with van der Waals surface area (Å²) in [6.45, 7) is 2.18. The van der Waals surface area contributed by atoms with Crippen molar-refractivity contribution in [2.24, 2.45) is 0 Å². The van der Waals surface area contributed by atoms with Crippen LogP contribution in [0.4, 0.5) is 5.82 Å². The maximum Gasteiger partial charge on any atom is 0.156 e. The summed E-state index contributed by atoms with van der Waals surface area (Å²) in [6.07, 6.45) is 6.00. The second-order valence-corrected chi connectivity index (χ2v) is 7.01. The quantitative estimate of drug-likeness (QED) is 0.775. The van der Waals surface area contributed by atoms with Crippen LogP contribution in [0.3, 0.4) is 0 Å². The van der Waals surface area contributed by atoms with Crippen LogP contribution in [0.1, 0.15) is 12.8 Å². The highest BCUT2D eigenvalue weighted by Gasteiger charge is 2.19. The third-order valence-electron chi connectivity index (χ3n) is 4.66. The molecule has 1 fully saturated rings. The van der Waals surface area contributed by atoms with E-state index >= 15 is 0 Å². The first-order valence-electron chi connectivity index (χ1n) is 8.52. The third kappa shape index (κ3) is 3.43. The summed E-state index contributed by atoms with van der Waals surface area (Å²) in [7, 11) is 2.16. The first-order chi connectivity index (χ1) is 12.2.